The average molecular weight is 593 g/mol. The highest BCUT2D eigenvalue weighted by molar-refractivity contribution is 6.01. The summed E-state index contributed by atoms with van der Waals surface area (Å²) in [5, 5.41) is 0. The molecule has 2 saturated heterocycles. The third-order valence-corrected chi connectivity index (χ3v) is 11.1. The van der Waals surface area contributed by atoms with Gasteiger partial charge >= 0.3 is 23.9 Å². The summed E-state index contributed by atoms with van der Waals surface area (Å²) >= 11 is 0. The molecule has 0 spiro atoms. The number of allylic oxidation sites excluding steroid dienone is 4. The first kappa shape index (κ1) is 29.3. The van der Waals surface area contributed by atoms with Crippen LogP contribution in [-0.4, -0.2) is 59.9 Å². The summed E-state index contributed by atoms with van der Waals surface area (Å²) in [6.07, 6.45) is 3.23. The Morgan fingerprint density at radius 1 is 0.767 bits per heavy atom. The summed E-state index contributed by atoms with van der Waals surface area (Å²) in [5.74, 6) is -5.42. The van der Waals surface area contributed by atoms with Gasteiger partial charge in [-0.3, -0.25) is 19.2 Å². The minimum absolute atomic E-state index is 0.0949. The van der Waals surface area contributed by atoms with Crippen molar-refractivity contribution in [3.8, 4) is 0 Å². The van der Waals surface area contributed by atoms with Gasteiger partial charge in [0.2, 0.25) is 0 Å². The number of hydrogen-bond acceptors (Lipinski definition) is 10. The summed E-state index contributed by atoms with van der Waals surface area (Å²) in [6.45, 7) is 15.2. The van der Waals surface area contributed by atoms with Gasteiger partial charge in [-0.2, -0.15) is 0 Å². The molecule has 0 amide bonds. The summed E-state index contributed by atoms with van der Waals surface area (Å²) in [4.78, 5) is 77.5. The number of carbonyl (C=O) groups excluding carboxylic acids is 6. The molecule has 0 aromatic heterocycles. The van der Waals surface area contributed by atoms with Crippen LogP contribution in [0, 0.1) is 46.3 Å². The van der Waals surface area contributed by atoms with Crippen LogP contribution in [0.5, 0.6) is 0 Å². The molecule has 0 aromatic carbocycles. The Hall–Kier alpha value is -3.82. The maximum Gasteiger partial charge on any atom is 0.334 e. The van der Waals surface area contributed by atoms with Gasteiger partial charge in [0.25, 0.3) is 0 Å². The minimum atomic E-state index is -1.01. The van der Waals surface area contributed by atoms with E-state index in [0.717, 1.165) is 0 Å². The van der Waals surface area contributed by atoms with Crippen LogP contribution in [0.4, 0.5) is 0 Å². The highest BCUT2D eigenvalue weighted by Crippen LogP contribution is 2.56. The first-order valence-electron chi connectivity index (χ1n) is 14.8. The number of rotatable bonds is 4. The fourth-order valence-electron chi connectivity index (χ4n) is 8.79. The maximum atomic E-state index is 13.2. The first-order chi connectivity index (χ1) is 20.2. The monoisotopic (exact) mass is 592 g/mol. The molecular formula is C33H36O10. The lowest BCUT2D eigenvalue weighted by atomic mass is 9.68. The molecule has 4 aliphatic carbocycles. The van der Waals surface area contributed by atoms with Crippen LogP contribution in [0.3, 0.4) is 0 Å². The molecule has 0 N–H and O–H groups in total. The van der Waals surface area contributed by atoms with Crippen LogP contribution in [0.15, 0.2) is 48.6 Å². The van der Waals surface area contributed by atoms with Crippen LogP contribution in [0.2, 0.25) is 0 Å². The van der Waals surface area contributed by atoms with Crippen LogP contribution in [0.1, 0.15) is 47.0 Å². The van der Waals surface area contributed by atoms with E-state index >= 15 is 0 Å². The van der Waals surface area contributed by atoms with Crippen LogP contribution < -0.4 is 0 Å². The van der Waals surface area contributed by atoms with E-state index < -0.39 is 77.4 Å². The fraction of sp³-hybridized carbons (Fsp3) is 0.576. The zero-order chi connectivity index (χ0) is 31.2. The molecule has 12 atom stereocenters. The standard InChI is InChI=1S/C33H36O10/c1-14-11-20(26-16(3)30(38)42-28(26)32(5)18(14)7-9-22(32)34)40-24(36)13-25(37)41-21-12-15(2)19-8-10-23(35)33(19,6)29-27(21)17(4)31(39)43-29/h7-10,14-15,18-21,26-29H,3-4,11-13H2,1-2,5-6H3/t14-,15-,18-,19+,20-,21-,26-,27-,28+,29+,32+,33+/m1/s1. The molecule has 6 rings (SSSR count). The molecule has 2 saturated carbocycles. The second-order valence-electron chi connectivity index (χ2n) is 13.5. The normalized spacial score (nSPS) is 44.6. The van der Waals surface area contributed by atoms with Crippen molar-refractivity contribution in [3.63, 3.8) is 0 Å². The molecule has 0 unspecified atom stereocenters. The minimum Gasteiger partial charge on any atom is -0.461 e. The van der Waals surface area contributed by atoms with Crippen LogP contribution >= 0.6 is 0 Å². The Labute approximate surface area is 249 Å². The zero-order valence-electron chi connectivity index (χ0n) is 24.7. The van der Waals surface area contributed by atoms with Crippen molar-refractivity contribution in [1.82, 2.24) is 0 Å². The molecular weight excluding hydrogens is 556 g/mol. The Kier molecular flexibility index (Phi) is 6.71. The van der Waals surface area contributed by atoms with Gasteiger partial charge in [0.1, 0.15) is 30.8 Å². The Morgan fingerprint density at radius 3 is 1.51 bits per heavy atom. The zero-order valence-corrected chi connectivity index (χ0v) is 24.7. The van der Waals surface area contributed by atoms with Crippen molar-refractivity contribution in [2.24, 2.45) is 46.3 Å². The van der Waals surface area contributed by atoms with Crippen molar-refractivity contribution >= 4 is 35.4 Å². The first-order valence-corrected chi connectivity index (χ1v) is 14.8. The highest BCUT2D eigenvalue weighted by atomic mass is 16.6. The Morgan fingerprint density at radius 2 is 1.14 bits per heavy atom. The van der Waals surface area contributed by atoms with Crippen LogP contribution in [-0.2, 0) is 47.7 Å². The third-order valence-electron chi connectivity index (χ3n) is 11.1. The fourth-order valence-corrected chi connectivity index (χ4v) is 8.79. The van der Waals surface area contributed by atoms with Crippen molar-refractivity contribution in [3.05, 3.63) is 48.6 Å². The van der Waals surface area contributed by atoms with Crippen molar-refractivity contribution in [1.29, 1.82) is 0 Å². The highest BCUT2D eigenvalue weighted by Gasteiger charge is 2.64. The van der Waals surface area contributed by atoms with Gasteiger partial charge in [0.15, 0.2) is 11.6 Å². The lowest BCUT2D eigenvalue weighted by Gasteiger charge is -2.36. The number of ether oxygens (including phenoxy) is 4. The number of hydrogen-bond donors (Lipinski definition) is 0. The summed E-state index contributed by atoms with van der Waals surface area (Å²) in [5.41, 5.74) is -1.77. The van der Waals surface area contributed by atoms with E-state index in [1.54, 1.807) is 13.8 Å². The van der Waals surface area contributed by atoms with Gasteiger partial charge in [-0.25, -0.2) is 9.59 Å². The smallest absolute Gasteiger partial charge is 0.334 e. The van der Waals surface area contributed by atoms with E-state index in [-0.39, 0.29) is 46.4 Å². The van der Waals surface area contributed by atoms with E-state index in [0.29, 0.717) is 12.8 Å². The Balaban J connectivity index is 1.19. The third kappa shape index (κ3) is 4.12. The largest absolute Gasteiger partial charge is 0.461 e. The molecule has 0 bridgehead atoms. The van der Waals surface area contributed by atoms with Gasteiger partial charge < -0.3 is 18.9 Å². The lowest BCUT2D eigenvalue weighted by molar-refractivity contribution is -0.164. The molecule has 2 aliphatic heterocycles. The number of ketones is 2. The molecule has 4 fully saturated rings. The SMILES string of the molecule is C=C1C(=O)O[C@H]2[C@H]1[C@H](OC(=O)CC(=O)O[C@@H]1C[C@@H](C)[C@@H]3C=CC(=O)[C@@]3(C)[C@H]3OC(=O)C(=C)[C@H]13)C[C@@H](C)[C@H]1C=CC(=O)[C@]12C. The van der Waals surface area contributed by atoms with Gasteiger partial charge in [-0.15, -0.1) is 0 Å². The van der Waals surface area contributed by atoms with E-state index in [1.165, 1.54) is 12.2 Å². The molecule has 6 aliphatic rings. The van der Waals surface area contributed by atoms with E-state index in [1.807, 2.05) is 26.0 Å². The van der Waals surface area contributed by atoms with Gasteiger partial charge in [0.05, 0.1) is 22.7 Å². The Bertz CT molecular complexity index is 1330. The second-order valence-corrected chi connectivity index (χ2v) is 13.5. The van der Waals surface area contributed by atoms with Crippen LogP contribution in [0.25, 0.3) is 0 Å². The predicted molar refractivity (Wildman–Crippen MR) is 148 cm³/mol. The summed E-state index contributed by atoms with van der Waals surface area (Å²) < 4.78 is 23.0. The van der Waals surface area contributed by atoms with Gasteiger partial charge in [-0.05, 0) is 62.5 Å². The molecule has 43 heavy (non-hydrogen) atoms. The average Bonchev–Trinajstić information content (AvgIpc) is 3.58. The van der Waals surface area contributed by atoms with E-state index in [4.69, 9.17) is 18.9 Å². The van der Waals surface area contributed by atoms with Crippen molar-refractivity contribution < 1.29 is 47.7 Å². The summed E-state index contributed by atoms with van der Waals surface area (Å²) in [6, 6.07) is 0. The quantitative estimate of drug-likeness (QED) is 0.207. The van der Waals surface area contributed by atoms with Crippen molar-refractivity contribution in [2.45, 2.75) is 71.4 Å². The van der Waals surface area contributed by atoms with Crippen molar-refractivity contribution in [2.75, 3.05) is 0 Å². The van der Waals surface area contributed by atoms with Gasteiger partial charge in [0, 0.05) is 11.1 Å². The van der Waals surface area contributed by atoms with Gasteiger partial charge in [-0.1, -0.05) is 39.2 Å². The molecule has 10 heteroatoms. The molecule has 0 aromatic rings. The number of fused-ring (bicyclic) bond motifs is 6. The maximum absolute atomic E-state index is 13.2. The lowest BCUT2D eigenvalue weighted by Crippen LogP contribution is -2.46. The molecule has 2 heterocycles. The summed E-state index contributed by atoms with van der Waals surface area (Å²) in [7, 11) is 0. The second kappa shape index (κ2) is 9.86. The molecule has 228 valence electrons. The predicted octanol–water partition coefficient (Wildman–Crippen LogP) is 3.00. The molecule has 10 nitrogen and oxygen atoms in total. The molecule has 0 radical (unpaired) electrons. The van der Waals surface area contributed by atoms with E-state index in [2.05, 4.69) is 13.2 Å². The topological polar surface area (TPSA) is 139 Å². The number of esters is 4. The van der Waals surface area contributed by atoms with E-state index in [9.17, 15) is 28.8 Å². The number of carbonyl (C=O) groups is 6.